The van der Waals surface area contributed by atoms with Crippen molar-refractivity contribution in [1.82, 2.24) is 39.0 Å². The zero-order valence-corrected chi connectivity index (χ0v) is 64.7. The Kier molecular flexibility index (Phi) is 16.7. The second-order valence-corrected chi connectivity index (χ2v) is 30.4. The highest BCUT2D eigenvalue weighted by molar-refractivity contribution is 6.21. The van der Waals surface area contributed by atoms with E-state index in [2.05, 4.69) is 325 Å². The van der Waals surface area contributed by atoms with E-state index in [0.29, 0.717) is 34.9 Å². The van der Waals surface area contributed by atoms with Gasteiger partial charge >= 0.3 is 0 Å². The van der Waals surface area contributed by atoms with Gasteiger partial charge in [0.15, 0.2) is 34.9 Å². The van der Waals surface area contributed by atoms with E-state index in [-0.39, 0.29) is 0 Å². The van der Waals surface area contributed by atoms with Gasteiger partial charge in [0.1, 0.15) is 22.3 Å². The number of nitrogens with zero attached hydrogens (tertiary/aromatic N) is 8. The van der Waals surface area contributed by atoms with Gasteiger partial charge in [-0.2, -0.15) is 0 Å². The van der Waals surface area contributed by atoms with Gasteiger partial charge < -0.3 is 18.0 Å². The number of hydrogen-bond donors (Lipinski definition) is 0. The highest BCUT2D eigenvalue weighted by Crippen LogP contribution is 2.46. The molecule has 0 unspecified atom stereocenters. The summed E-state index contributed by atoms with van der Waals surface area (Å²) < 4.78 is 18.1. The van der Waals surface area contributed by atoms with Gasteiger partial charge in [-0.05, 0) is 115 Å². The van der Waals surface area contributed by atoms with Crippen LogP contribution in [0.2, 0.25) is 0 Å². The number of furan rings is 2. The lowest BCUT2D eigenvalue weighted by Gasteiger charge is -2.13. The second kappa shape index (κ2) is 28.9. The molecule has 120 heavy (non-hydrogen) atoms. The summed E-state index contributed by atoms with van der Waals surface area (Å²) in [6.07, 6.45) is 0. The van der Waals surface area contributed by atoms with Gasteiger partial charge in [0.2, 0.25) is 0 Å². The van der Waals surface area contributed by atoms with Crippen molar-refractivity contribution >= 4 is 109 Å². The molecule has 0 atom stereocenters. The summed E-state index contributed by atoms with van der Waals surface area (Å²) in [6, 6.07) is 144. The maximum atomic E-state index is 6.66. The minimum absolute atomic E-state index is 0.611. The number of fused-ring (bicyclic) bond motifs is 15. The first-order chi connectivity index (χ1) is 59.4. The van der Waals surface area contributed by atoms with Crippen molar-refractivity contribution in [3.05, 3.63) is 413 Å². The van der Waals surface area contributed by atoms with Crippen LogP contribution >= 0.6 is 0 Å². The largest absolute Gasteiger partial charge is 0.456 e. The summed E-state index contributed by atoms with van der Waals surface area (Å²) in [4.78, 5) is 30.3. The van der Waals surface area contributed by atoms with Crippen molar-refractivity contribution in [1.29, 1.82) is 0 Å². The summed E-state index contributed by atoms with van der Waals surface area (Å²) in [5.41, 5.74) is 24.5. The van der Waals surface area contributed by atoms with E-state index in [1.807, 2.05) is 97.1 Å². The Morgan fingerprint density at radius 2 is 0.517 bits per heavy atom. The number of hydrogen-bond acceptors (Lipinski definition) is 8. The first-order valence-corrected chi connectivity index (χ1v) is 40.4. The van der Waals surface area contributed by atoms with E-state index >= 15 is 0 Å². The molecule has 0 aliphatic heterocycles. The van der Waals surface area contributed by atoms with Crippen LogP contribution in [-0.4, -0.2) is 39.0 Å². The Morgan fingerprint density at radius 1 is 0.175 bits per heavy atom. The zero-order chi connectivity index (χ0) is 79.1. The summed E-state index contributed by atoms with van der Waals surface area (Å²) >= 11 is 0. The van der Waals surface area contributed by atoms with Crippen LogP contribution in [0, 0.1) is 0 Å². The molecular formula is C110H68N8O2. The van der Waals surface area contributed by atoms with Crippen molar-refractivity contribution < 1.29 is 8.83 Å². The molecule has 0 aliphatic carbocycles. The fraction of sp³-hybridized carbons (Fsp3) is 0. The third kappa shape index (κ3) is 12.2. The molecule has 0 N–H and O–H groups in total. The maximum absolute atomic E-state index is 6.66. The molecule has 6 heterocycles. The van der Waals surface area contributed by atoms with Gasteiger partial charge in [-0.15, -0.1) is 0 Å². The van der Waals surface area contributed by atoms with Crippen LogP contribution in [0.25, 0.3) is 233 Å². The smallest absolute Gasteiger partial charge is 0.164 e. The Balaban J connectivity index is 0.000000140. The van der Waals surface area contributed by atoms with Crippen LogP contribution in [0.5, 0.6) is 0 Å². The molecule has 0 saturated carbocycles. The molecule has 6 aromatic heterocycles. The fourth-order valence-electron chi connectivity index (χ4n) is 17.5. The van der Waals surface area contributed by atoms with Gasteiger partial charge in [0, 0.05) is 94.0 Å². The Bertz CT molecular complexity index is 8120. The van der Waals surface area contributed by atoms with Gasteiger partial charge in [-0.3, -0.25) is 0 Å². The monoisotopic (exact) mass is 1530 g/mol. The summed E-state index contributed by atoms with van der Waals surface area (Å²) in [5, 5.41) is 14.0. The van der Waals surface area contributed by atoms with Crippen LogP contribution in [0.4, 0.5) is 0 Å². The molecule has 0 saturated heterocycles. The fourth-order valence-corrected chi connectivity index (χ4v) is 17.5. The average Bonchev–Trinajstić information content (AvgIpc) is 1.57. The summed E-state index contributed by atoms with van der Waals surface area (Å²) in [5.74, 6) is 3.73. The number of rotatable bonds is 12. The predicted molar refractivity (Wildman–Crippen MR) is 492 cm³/mol. The van der Waals surface area contributed by atoms with Crippen molar-refractivity contribution in [2.24, 2.45) is 0 Å². The molecule has 24 aromatic rings. The minimum Gasteiger partial charge on any atom is -0.456 e. The molecule has 10 heteroatoms. The average molecular weight is 1530 g/mol. The first-order valence-electron chi connectivity index (χ1n) is 40.4. The number of aromatic nitrogens is 8. The molecule has 0 bridgehead atoms. The topological polar surface area (TPSA) is 113 Å². The predicted octanol–water partition coefficient (Wildman–Crippen LogP) is 28.7. The van der Waals surface area contributed by atoms with Crippen LogP contribution < -0.4 is 0 Å². The molecule has 0 radical (unpaired) electrons. The lowest BCUT2D eigenvalue weighted by Crippen LogP contribution is -2.00. The second-order valence-electron chi connectivity index (χ2n) is 30.4. The Morgan fingerprint density at radius 3 is 1.02 bits per heavy atom. The van der Waals surface area contributed by atoms with Crippen molar-refractivity contribution in [3.63, 3.8) is 0 Å². The van der Waals surface area contributed by atoms with Crippen LogP contribution in [0.15, 0.2) is 421 Å². The van der Waals surface area contributed by atoms with Gasteiger partial charge in [0.25, 0.3) is 0 Å². The first kappa shape index (κ1) is 69.2. The van der Waals surface area contributed by atoms with E-state index in [1.165, 1.54) is 54.2 Å². The number of para-hydroxylation sites is 4. The van der Waals surface area contributed by atoms with Gasteiger partial charge in [-0.25, -0.2) is 29.9 Å². The Hall–Kier alpha value is -16.3. The van der Waals surface area contributed by atoms with Crippen LogP contribution in [-0.2, 0) is 0 Å². The number of benzene rings is 18. The minimum atomic E-state index is 0.611. The van der Waals surface area contributed by atoms with Gasteiger partial charge in [-0.1, -0.05) is 346 Å². The van der Waals surface area contributed by atoms with E-state index < -0.39 is 0 Å². The zero-order valence-electron chi connectivity index (χ0n) is 64.7. The van der Waals surface area contributed by atoms with Crippen LogP contribution in [0.1, 0.15) is 0 Å². The Labute approximate surface area is 689 Å². The van der Waals surface area contributed by atoms with E-state index in [9.17, 15) is 0 Å². The van der Waals surface area contributed by atoms with Crippen molar-refractivity contribution in [3.8, 4) is 124 Å². The molecule has 10 nitrogen and oxygen atoms in total. The molecule has 0 amide bonds. The SMILES string of the molecule is c1ccc(-c2ccc(-c3nc(-c4ccccc4)nc(-c4ccc(-c5cc(-n6c7ccccc7c7cc8ccccc8cc76)cc6oc7ccccc7c56)cc4)n3)cc2)cc1.c1ccc(-c2cccc(-c3nc(-c4ccccc4)nc(-c4ccc(-c5cc(-n6c7ccccc7c7ccc8ccccc8c76)cc6oc7ccccc7c56)cc4)n3)c2)cc1. The highest BCUT2D eigenvalue weighted by Gasteiger charge is 2.24. The van der Waals surface area contributed by atoms with Crippen molar-refractivity contribution in [2.45, 2.75) is 0 Å². The van der Waals surface area contributed by atoms with Crippen LogP contribution in [0.3, 0.4) is 0 Å². The maximum Gasteiger partial charge on any atom is 0.164 e. The molecule has 560 valence electrons. The lowest BCUT2D eigenvalue weighted by molar-refractivity contribution is 0.668. The lowest BCUT2D eigenvalue weighted by atomic mass is 9.97. The molecule has 0 spiro atoms. The molecule has 18 aromatic carbocycles. The van der Waals surface area contributed by atoms with Gasteiger partial charge in [0.05, 0.1) is 33.4 Å². The van der Waals surface area contributed by atoms with Crippen molar-refractivity contribution in [2.75, 3.05) is 0 Å². The standard InChI is InChI=1S/2C55H34N4O/c1-3-14-35(15-4-1)40-19-13-20-41(32-40)55-57-53(38-17-5-2-6-18-38)56-54(58-55)39-28-26-37(27-29-39)47-33-42(34-50-51(47)46-23-10-12-25-49(46)60-50)59-48-24-11-9-22-44(48)45-31-30-36-16-7-8-21-43(36)52(45)59;1-3-13-35(14-4-1)36-23-27-39(28-24-36)54-56-53(38-15-5-2-6-16-38)57-55(58-54)40-29-25-37(26-30-40)46-33-43(34-51-52(46)45-20-10-12-22-50(45)60-51)59-48-21-11-9-19-44(48)47-31-41-17-7-8-18-42(41)32-49(47)59/h2*1-34H. The van der Waals surface area contributed by atoms with E-state index in [4.69, 9.17) is 38.7 Å². The molecule has 0 fully saturated rings. The molecule has 0 aliphatic rings. The summed E-state index contributed by atoms with van der Waals surface area (Å²) in [7, 11) is 0. The quantitative estimate of drug-likeness (QED) is 0.119. The van der Waals surface area contributed by atoms with E-state index in [1.54, 1.807) is 0 Å². The normalized spacial score (nSPS) is 11.7. The summed E-state index contributed by atoms with van der Waals surface area (Å²) in [6.45, 7) is 0. The molecular weight excluding hydrogens is 1470 g/mol. The third-order valence-electron chi connectivity index (χ3n) is 23.3. The highest BCUT2D eigenvalue weighted by atomic mass is 16.3. The third-order valence-corrected chi connectivity index (χ3v) is 23.3. The van der Waals surface area contributed by atoms with E-state index in [0.717, 1.165) is 144 Å². The molecule has 24 rings (SSSR count).